The second-order valence-electron chi connectivity index (χ2n) is 7.44. The van der Waals surface area contributed by atoms with Crippen molar-refractivity contribution >= 4 is 11.7 Å². The Morgan fingerprint density at radius 2 is 2.12 bits per heavy atom. The monoisotopic (exact) mass is 327 g/mol. The van der Waals surface area contributed by atoms with E-state index in [1.54, 1.807) is 10.9 Å². The summed E-state index contributed by atoms with van der Waals surface area (Å²) in [4.78, 5) is 12.7. The molecule has 5 heteroatoms. The molecule has 2 heterocycles. The smallest absolute Gasteiger partial charge is 0.229 e. The number of hydrogen-bond acceptors (Lipinski definition) is 3. The molecule has 2 atom stereocenters. The summed E-state index contributed by atoms with van der Waals surface area (Å²) >= 11 is 0. The van der Waals surface area contributed by atoms with E-state index in [9.17, 15) is 4.79 Å². The van der Waals surface area contributed by atoms with Gasteiger partial charge in [0.05, 0.1) is 12.1 Å². The first-order valence-corrected chi connectivity index (χ1v) is 8.32. The Hall–Kier alpha value is -2.30. The first-order chi connectivity index (χ1) is 11.3. The van der Waals surface area contributed by atoms with Gasteiger partial charge in [0.25, 0.3) is 0 Å². The van der Waals surface area contributed by atoms with Gasteiger partial charge in [0.15, 0.2) is 0 Å². The van der Waals surface area contributed by atoms with Crippen LogP contribution in [0.15, 0.2) is 40.5 Å². The van der Waals surface area contributed by atoms with Crippen molar-refractivity contribution in [3.63, 3.8) is 0 Å². The van der Waals surface area contributed by atoms with Gasteiger partial charge in [0.2, 0.25) is 5.91 Å². The fraction of sp³-hybridized carbons (Fsp3) is 0.474. The lowest BCUT2D eigenvalue weighted by Crippen LogP contribution is -2.19. The molecule has 1 aliphatic rings. The highest BCUT2D eigenvalue weighted by Crippen LogP contribution is 2.59. The summed E-state index contributed by atoms with van der Waals surface area (Å²) in [5.41, 5.74) is 1.26. The molecule has 2 aromatic heterocycles. The number of furan rings is 1. The van der Waals surface area contributed by atoms with Crippen molar-refractivity contribution in [2.75, 3.05) is 5.32 Å². The Kier molecular flexibility index (Phi) is 4.11. The second kappa shape index (κ2) is 5.96. The van der Waals surface area contributed by atoms with Gasteiger partial charge in [-0.05, 0) is 44.2 Å². The van der Waals surface area contributed by atoms with Crippen molar-refractivity contribution in [2.45, 2.75) is 41.2 Å². The number of nitrogens with one attached hydrogen (secondary N) is 1. The normalized spacial score (nSPS) is 21.4. The van der Waals surface area contributed by atoms with Crippen molar-refractivity contribution in [3.05, 3.63) is 47.6 Å². The zero-order valence-corrected chi connectivity index (χ0v) is 15.0. The van der Waals surface area contributed by atoms with Crippen LogP contribution in [0.2, 0.25) is 0 Å². The van der Waals surface area contributed by atoms with E-state index in [1.165, 1.54) is 5.57 Å². The van der Waals surface area contributed by atoms with E-state index < -0.39 is 0 Å². The van der Waals surface area contributed by atoms with Crippen LogP contribution >= 0.6 is 0 Å². The lowest BCUT2D eigenvalue weighted by Gasteiger charge is -2.08. The minimum atomic E-state index is 0.00149. The molecule has 0 spiro atoms. The van der Waals surface area contributed by atoms with Gasteiger partial charge in [-0.1, -0.05) is 25.5 Å². The molecular weight excluding hydrogens is 302 g/mol. The van der Waals surface area contributed by atoms with Crippen LogP contribution in [0.3, 0.4) is 0 Å². The summed E-state index contributed by atoms with van der Waals surface area (Å²) in [6.45, 7) is 10.8. The summed E-state index contributed by atoms with van der Waals surface area (Å²) in [5, 5.41) is 7.32. The molecule has 0 unspecified atom stereocenters. The molecule has 1 aliphatic carbocycles. The molecule has 1 fully saturated rings. The molecule has 128 valence electrons. The molecule has 5 nitrogen and oxygen atoms in total. The Morgan fingerprint density at radius 1 is 1.38 bits per heavy atom. The lowest BCUT2D eigenvalue weighted by atomic mass is 10.1. The van der Waals surface area contributed by atoms with E-state index in [0.29, 0.717) is 18.3 Å². The topological polar surface area (TPSA) is 60.1 Å². The summed E-state index contributed by atoms with van der Waals surface area (Å²) in [6, 6.07) is 5.67. The maximum Gasteiger partial charge on any atom is 0.229 e. The Balaban J connectivity index is 1.70. The summed E-state index contributed by atoms with van der Waals surface area (Å²) in [6.07, 6.45) is 3.89. The van der Waals surface area contributed by atoms with E-state index in [2.05, 4.69) is 44.2 Å². The zero-order chi connectivity index (χ0) is 17.5. The Bertz CT molecular complexity index is 778. The van der Waals surface area contributed by atoms with Crippen molar-refractivity contribution in [3.8, 4) is 0 Å². The molecule has 0 saturated heterocycles. The maximum atomic E-state index is 12.7. The number of carbonyl (C=O) groups excluding carboxylic acids is 1. The maximum absolute atomic E-state index is 12.7. The zero-order valence-electron chi connectivity index (χ0n) is 15.0. The van der Waals surface area contributed by atoms with Crippen LogP contribution in [-0.4, -0.2) is 15.7 Å². The standard InChI is InChI=1S/C19H25N3O2/c1-12(2)10-15-17(19(15,4)5)18(23)21-16-8-9-20-22(16)11-14-7-6-13(3)24-14/h6-10,15,17H,11H2,1-5H3,(H,21,23)/t15-,17+/m1/s1. The Morgan fingerprint density at radius 3 is 2.75 bits per heavy atom. The fourth-order valence-corrected chi connectivity index (χ4v) is 3.34. The van der Waals surface area contributed by atoms with Gasteiger partial charge in [-0.2, -0.15) is 5.10 Å². The first-order valence-electron chi connectivity index (χ1n) is 8.32. The lowest BCUT2D eigenvalue weighted by molar-refractivity contribution is -0.118. The van der Waals surface area contributed by atoms with E-state index >= 15 is 0 Å². The van der Waals surface area contributed by atoms with Crippen molar-refractivity contribution in [1.29, 1.82) is 0 Å². The molecule has 1 N–H and O–H groups in total. The fourth-order valence-electron chi connectivity index (χ4n) is 3.34. The molecule has 1 amide bonds. The number of allylic oxidation sites excluding steroid dienone is 2. The van der Waals surface area contributed by atoms with Gasteiger partial charge in [-0.3, -0.25) is 4.79 Å². The number of amides is 1. The van der Waals surface area contributed by atoms with Crippen LogP contribution in [-0.2, 0) is 11.3 Å². The molecule has 3 rings (SSSR count). The average Bonchev–Trinajstić information content (AvgIpc) is 2.87. The molecule has 1 saturated carbocycles. The van der Waals surface area contributed by atoms with Gasteiger partial charge in [0.1, 0.15) is 23.9 Å². The molecule has 2 aromatic rings. The van der Waals surface area contributed by atoms with Gasteiger partial charge >= 0.3 is 0 Å². The third-order valence-electron chi connectivity index (χ3n) is 4.78. The van der Waals surface area contributed by atoms with Crippen molar-refractivity contribution in [2.24, 2.45) is 17.3 Å². The SMILES string of the molecule is CC(C)=C[C@@H]1[C@@H](C(=O)Nc2ccnn2Cc2ccc(C)o2)C1(C)C. The number of anilines is 1. The third-order valence-corrected chi connectivity index (χ3v) is 4.78. The highest BCUT2D eigenvalue weighted by molar-refractivity contribution is 5.95. The number of aromatic nitrogens is 2. The molecule has 0 aromatic carbocycles. The summed E-state index contributed by atoms with van der Waals surface area (Å²) in [7, 11) is 0. The van der Waals surface area contributed by atoms with Crippen LogP contribution in [0.25, 0.3) is 0 Å². The minimum absolute atomic E-state index is 0.00149. The number of nitrogens with zero attached hydrogens (tertiary/aromatic N) is 2. The first kappa shape index (κ1) is 16.6. The van der Waals surface area contributed by atoms with Gasteiger partial charge < -0.3 is 9.73 Å². The molecule has 0 bridgehead atoms. The molecule has 24 heavy (non-hydrogen) atoms. The van der Waals surface area contributed by atoms with Gasteiger partial charge in [0, 0.05) is 6.07 Å². The van der Waals surface area contributed by atoms with Crippen LogP contribution in [0.4, 0.5) is 5.82 Å². The minimum Gasteiger partial charge on any atom is -0.464 e. The molecule has 0 aliphatic heterocycles. The van der Waals surface area contributed by atoms with E-state index in [0.717, 1.165) is 11.5 Å². The van der Waals surface area contributed by atoms with Crippen LogP contribution in [0.1, 0.15) is 39.2 Å². The highest BCUT2D eigenvalue weighted by Gasteiger charge is 2.60. The third kappa shape index (κ3) is 3.16. The highest BCUT2D eigenvalue weighted by atomic mass is 16.3. The summed E-state index contributed by atoms with van der Waals surface area (Å²) in [5.74, 6) is 2.74. The Labute approximate surface area is 142 Å². The van der Waals surface area contributed by atoms with Gasteiger partial charge in [-0.15, -0.1) is 0 Å². The number of aryl methyl sites for hydroxylation is 1. The predicted octanol–water partition coefficient (Wildman–Crippen LogP) is 4.01. The van der Waals surface area contributed by atoms with Crippen LogP contribution in [0.5, 0.6) is 0 Å². The summed E-state index contributed by atoms with van der Waals surface area (Å²) < 4.78 is 7.34. The molecule has 0 radical (unpaired) electrons. The van der Waals surface area contributed by atoms with E-state index in [4.69, 9.17) is 4.42 Å². The molecular formula is C19H25N3O2. The quantitative estimate of drug-likeness (QED) is 0.844. The van der Waals surface area contributed by atoms with Crippen molar-refractivity contribution in [1.82, 2.24) is 9.78 Å². The van der Waals surface area contributed by atoms with Crippen molar-refractivity contribution < 1.29 is 9.21 Å². The van der Waals surface area contributed by atoms with Gasteiger partial charge in [-0.25, -0.2) is 4.68 Å². The number of rotatable bonds is 5. The van der Waals surface area contributed by atoms with Crippen LogP contribution in [0, 0.1) is 24.2 Å². The second-order valence-corrected chi connectivity index (χ2v) is 7.44. The number of hydrogen-bond donors (Lipinski definition) is 1. The predicted molar refractivity (Wildman–Crippen MR) is 93.6 cm³/mol. The van der Waals surface area contributed by atoms with E-state index in [1.807, 2.05) is 25.1 Å². The van der Waals surface area contributed by atoms with Crippen LogP contribution < -0.4 is 5.32 Å². The largest absolute Gasteiger partial charge is 0.464 e. The van der Waals surface area contributed by atoms with E-state index in [-0.39, 0.29) is 17.2 Å². The number of carbonyl (C=O) groups is 1. The average molecular weight is 327 g/mol.